The Labute approximate surface area is 178 Å². The van der Waals surface area contributed by atoms with Crippen molar-refractivity contribution in [2.24, 2.45) is 0 Å². The van der Waals surface area contributed by atoms with Gasteiger partial charge in [-0.3, -0.25) is 4.79 Å². The summed E-state index contributed by atoms with van der Waals surface area (Å²) in [6.07, 6.45) is -0.252. The molecule has 1 amide bonds. The fourth-order valence-corrected chi connectivity index (χ4v) is 3.55. The third-order valence-corrected chi connectivity index (χ3v) is 5.54. The molecule has 0 bridgehead atoms. The summed E-state index contributed by atoms with van der Waals surface area (Å²) in [5, 5.41) is 0. The first-order valence-electron chi connectivity index (χ1n) is 10.5. The fourth-order valence-electron chi connectivity index (χ4n) is 3.55. The van der Waals surface area contributed by atoms with Gasteiger partial charge in [0.1, 0.15) is 5.75 Å². The number of piperazine rings is 1. The molecule has 0 aromatic heterocycles. The SMILES string of the molecule is CC[C@H](Oc1ccccc1)C(=O)OCC(=O)N1CCN(c2cccc(C)c2C)CC1. The second-order valence-corrected chi connectivity index (χ2v) is 7.52. The van der Waals surface area contributed by atoms with Gasteiger partial charge in [-0.1, -0.05) is 37.3 Å². The van der Waals surface area contributed by atoms with E-state index in [-0.39, 0.29) is 12.5 Å². The number of nitrogens with zero attached hydrogens (tertiary/aromatic N) is 2. The zero-order valence-electron chi connectivity index (χ0n) is 18.0. The predicted molar refractivity (Wildman–Crippen MR) is 117 cm³/mol. The molecule has 1 fully saturated rings. The van der Waals surface area contributed by atoms with Gasteiger partial charge in [-0.05, 0) is 49.6 Å². The summed E-state index contributed by atoms with van der Waals surface area (Å²) in [6.45, 7) is 8.59. The Morgan fingerprint density at radius 1 is 0.967 bits per heavy atom. The van der Waals surface area contributed by atoms with Gasteiger partial charge in [-0.15, -0.1) is 0 Å². The molecule has 6 heteroatoms. The first-order chi connectivity index (χ1) is 14.5. The van der Waals surface area contributed by atoms with Gasteiger partial charge in [-0.25, -0.2) is 4.79 Å². The van der Waals surface area contributed by atoms with E-state index in [4.69, 9.17) is 9.47 Å². The number of carbonyl (C=O) groups excluding carboxylic acids is 2. The molecular weight excluding hydrogens is 380 g/mol. The molecular formula is C24H30N2O4. The van der Waals surface area contributed by atoms with Gasteiger partial charge >= 0.3 is 5.97 Å². The van der Waals surface area contributed by atoms with Crippen LogP contribution in [-0.4, -0.2) is 55.7 Å². The van der Waals surface area contributed by atoms with Crippen LogP contribution in [0.3, 0.4) is 0 Å². The highest BCUT2D eigenvalue weighted by Gasteiger charge is 2.25. The van der Waals surface area contributed by atoms with Crippen LogP contribution in [0, 0.1) is 13.8 Å². The van der Waals surface area contributed by atoms with Crippen molar-refractivity contribution in [1.29, 1.82) is 0 Å². The lowest BCUT2D eigenvalue weighted by Crippen LogP contribution is -2.50. The smallest absolute Gasteiger partial charge is 0.347 e. The maximum absolute atomic E-state index is 12.5. The zero-order valence-corrected chi connectivity index (χ0v) is 18.0. The second-order valence-electron chi connectivity index (χ2n) is 7.52. The summed E-state index contributed by atoms with van der Waals surface area (Å²) in [5.41, 5.74) is 3.76. The highest BCUT2D eigenvalue weighted by Crippen LogP contribution is 2.24. The first-order valence-corrected chi connectivity index (χ1v) is 10.5. The predicted octanol–water partition coefficient (Wildman–Crippen LogP) is 3.35. The van der Waals surface area contributed by atoms with Crippen LogP contribution in [0.2, 0.25) is 0 Å². The van der Waals surface area contributed by atoms with Crippen molar-refractivity contribution < 1.29 is 19.1 Å². The van der Waals surface area contributed by atoms with Crippen molar-refractivity contribution in [2.75, 3.05) is 37.7 Å². The van der Waals surface area contributed by atoms with Crippen LogP contribution in [0.1, 0.15) is 24.5 Å². The number of amides is 1. The average molecular weight is 411 g/mol. The standard InChI is InChI=1S/C24H30N2O4/c1-4-22(30-20-10-6-5-7-11-20)24(28)29-17-23(27)26-15-13-25(14-16-26)21-12-8-9-18(2)19(21)3/h5-12,22H,4,13-17H2,1-3H3/t22-/m0/s1. The van der Waals surface area contributed by atoms with Gasteiger partial charge in [-0.2, -0.15) is 0 Å². The number of benzene rings is 2. The van der Waals surface area contributed by atoms with Gasteiger partial charge in [0.05, 0.1) is 0 Å². The summed E-state index contributed by atoms with van der Waals surface area (Å²) < 4.78 is 10.9. The minimum Gasteiger partial charge on any atom is -0.479 e. The van der Waals surface area contributed by atoms with E-state index >= 15 is 0 Å². The molecule has 2 aromatic rings. The molecule has 1 saturated heterocycles. The molecule has 0 spiro atoms. The molecule has 3 rings (SSSR count). The Morgan fingerprint density at radius 3 is 2.33 bits per heavy atom. The van der Waals surface area contributed by atoms with Crippen LogP contribution in [0.15, 0.2) is 48.5 Å². The minimum atomic E-state index is -0.721. The molecule has 1 aliphatic rings. The fraction of sp³-hybridized carbons (Fsp3) is 0.417. The molecule has 0 radical (unpaired) electrons. The third-order valence-electron chi connectivity index (χ3n) is 5.54. The number of aryl methyl sites for hydroxylation is 1. The van der Waals surface area contributed by atoms with E-state index in [1.54, 1.807) is 17.0 Å². The third kappa shape index (κ3) is 5.32. The van der Waals surface area contributed by atoms with Crippen LogP contribution in [0.5, 0.6) is 5.75 Å². The summed E-state index contributed by atoms with van der Waals surface area (Å²) in [4.78, 5) is 28.9. The van der Waals surface area contributed by atoms with E-state index in [9.17, 15) is 9.59 Å². The Hall–Kier alpha value is -3.02. The zero-order chi connectivity index (χ0) is 21.5. The normalized spacial score (nSPS) is 14.9. The molecule has 0 unspecified atom stereocenters. The molecule has 0 N–H and O–H groups in total. The number of carbonyl (C=O) groups is 2. The van der Waals surface area contributed by atoms with E-state index in [1.165, 1.54) is 16.8 Å². The lowest BCUT2D eigenvalue weighted by Gasteiger charge is -2.37. The van der Waals surface area contributed by atoms with Crippen LogP contribution in [-0.2, 0) is 14.3 Å². The molecule has 30 heavy (non-hydrogen) atoms. The summed E-state index contributed by atoms with van der Waals surface area (Å²) in [5.74, 6) is -0.0718. The lowest BCUT2D eigenvalue weighted by molar-refractivity contribution is -0.158. The number of hydrogen-bond acceptors (Lipinski definition) is 5. The van der Waals surface area contributed by atoms with Crippen molar-refractivity contribution in [3.63, 3.8) is 0 Å². The lowest BCUT2D eigenvalue weighted by atomic mass is 10.1. The highest BCUT2D eigenvalue weighted by atomic mass is 16.6. The second kappa shape index (κ2) is 10.1. The molecule has 0 aliphatic carbocycles. The van der Waals surface area contributed by atoms with E-state index in [0.717, 1.165) is 13.1 Å². The van der Waals surface area contributed by atoms with Crippen molar-refractivity contribution in [1.82, 2.24) is 4.90 Å². The molecule has 160 valence electrons. The Bertz CT molecular complexity index is 861. The van der Waals surface area contributed by atoms with Gasteiger partial charge in [0.2, 0.25) is 0 Å². The number of anilines is 1. The van der Waals surface area contributed by atoms with Crippen LogP contribution < -0.4 is 9.64 Å². The molecule has 1 atom stereocenters. The van der Waals surface area contributed by atoms with Gasteiger partial charge in [0.15, 0.2) is 12.7 Å². The van der Waals surface area contributed by atoms with Crippen molar-refractivity contribution in [3.05, 3.63) is 59.7 Å². The van der Waals surface area contributed by atoms with Crippen LogP contribution in [0.4, 0.5) is 5.69 Å². The molecule has 1 aliphatic heterocycles. The Balaban J connectivity index is 1.47. The average Bonchev–Trinajstić information content (AvgIpc) is 2.78. The van der Waals surface area contributed by atoms with E-state index in [1.807, 2.05) is 25.1 Å². The number of ether oxygens (including phenoxy) is 2. The topological polar surface area (TPSA) is 59.1 Å². The number of hydrogen-bond donors (Lipinski definition) is 0. The Kier molecular flexibility index (Phi) is 7.33. The van der Waals surface area contributed by atoms with Gasteiger partial charge in [0, 0.05) is 31.9 Å². The van der Waals surface area contributed by atoms with Crippen molar-refractivity contribution in [3.8, 4) is 5.75 Å². The van der Waals surface area contributed by atoms with Gasteiger partial charge < -0.3 is 19.3 Å². The maximum Gasteiger partial charge on any atom is 0.347 e. The minimum absolute atomic E-state index is 0.168. The number of para-hydroxylation sites is 1. The largest absolute Gasteiger partial charge is 0.479 e. The molecule has 1 heterocycles. The van der Waals surface area contributed by atoms with E-state index in [0.29, 0.717) is 25.3 Å². The number of esters is 1. The highest BCUT2D eigenvalue weighted by molar-refractivity contribution is 5.82. The number of rotatable bonds is 7. The molecule has 0 saturated carbocycles. The summed E-state index contributed by atoms with van der Waals surface area (Å²) >= 11 is 0. The maximum atomic E-state index is 12.5. The summed E-state index contributed by atoms with van der Waals surface area (Å²) in [7, 11) is 0. The van der Waals surface area contributed by atoms with Crippen molar-refractivity contribution in [2.45, 2.75) is 33.3 Å². The van der Waals surface area contributed by atoms with Crippen LogP contribution >= 0.6 is 0 Å². The van der Waals surface area contributed by atoms with Crippen molar-refractivity contribution >= 4 is 17.6 Å². The van der Waals surface area contributed by atoms with E-state index in [2.05, 4.69) is 36.9 Å². The van der Waals surface area contributed by atoms with Gasteiger partial charge in [0.25, 0.3) is 5.91 Å². The molecule has 6 nitrogen and oxygen atoms in total. The Morgan fingerprint density at radius 2 is 1.67 bits per heavy atom. The summed E-state index contributed by atoms with van der Waals surface area (Å²) in [6, 6.07) is 15.4. The van der Waals surface area contributed by atoms with E-state index < -0.39 is 12.1 Å². The quantitative estimate of drug-likeness (QED) is 0.655. The molecule has 2 aromatic carbocycles. The monoisotopic (exact) mass is 410 g/mol. The first kappa shape index (κ1) is 21.7. The van der Waals surface area contributed by atoms with Crippen LogP contribution in [0.25, 0.3) is 0 Å².